The van der Waals surface area contributed by atoms with Crippen molar-refractivity contribution in [1.29, 1.82) is 0 Å². The van der Waals surface area contributed by atoms with Gasteiger partial charge in [-0.05, 0) is 12.1 Å². The molecule has 0 spiro atoms. The molecule has 3 N–H and O–H groups in total. The molecule has 0 atom stereocenters. The number of aromatic nitrogens is 2. The highest BCUT2D eigenvalue weighted by atomic mass is 32.2. The van der Waals surface area contributed by atoms with Gasteiger partial charge in [-0.3, -0.25) is 0 Å². The van der Waals surface area contributed by atoms with E-state index in [-0.39, 0.29) is 16.4 Å². The molecule has 1 aromatic heterocycles. The summed E-state index contributed by atoms with van der Waals surface area (Å²) < 4.78 is 28.6. The van der Waals surface area contributed by atoms with Crippen molar-refractivity contribution in [2.75, 3.05) is 6.54 Å². The van der Waals surface area contributed by atoms with E-state index in [0.717, 1.165) is 5.82 Å². The van der Waals surface area contributed by atoms with Crippen molar-refractivity contribution < 1.29 is 8.42 Å². The molecule has 0 aliphatic rings. The average molecular weight is 324 g/mol. The summed E-state index contributed by atoms with van der Waals surface area (Å²) in [4.78, 5) is 4.56. The third-order valence-corrected chi connectivity index (χ3v) is 4.72. The number of nitrogens with two attached hydrogens (primary N) is 1. The van der Waals surface area contributed by atoms with Crippen LogP contribution in [0.2, 0.25) is 0 Å². The van der Waals surface area contributed by atoms with Gasteiger partial charge in [0.05, 0.1) is 4.90 Å². The lowest BCUT2D eigenvalue weighted by Crippen LogP contribution is -2.26. The summed E-state index contributed by atoms with van der Waals surface area (Å²) in [6, 6.07) is 6.15. The molecule has 0 aliphatic carbocycles. The number of hydrogen-bond acceptors (Lipinski definition) is 4. The summed E-state index contributed by atoms with van der Waals surface area (Å²) in [5, 5.41) is 0. The summed E-state index contributed by atoms with van der Waals surface area (Å²) in [6.45, 7) is 0.282. The summed E-state index contributed by atoms with van der Waals surface area (Å²) in [5.41, 5.74) is 6.11. The van der Waals surface area contributed by atoms with Gasteiger partial charge in [0.1, 0.15) is 10.8 Å². The maximum absolute atomic E-state index is 12.1. The smallest absolute Gasteiger partial charge is 0.240 e. The number of nitrogens with zero attached hydrogens (tertiary/aromatic N) is 2. The molecular formula is C13H16N4O2S2. The summed E-state index contributed by atoms with van der Waals surface area (Å²) in [7, 11) is -1.67. The third kappa shape index (κ3) is 3.87. The SMILES string of the molecule is Cn1ccnc1CCNS(=O)(=O)c1ccc(C(N)=S)cc1. The first-order chi connectivity index (χ1) is 9.90. The van der Waals surface area contributed by atoms with Crippen LogP contribution < -0.4 is 10.5 Å². The maximum Gasteiger partial charge on any atom is 0.240 e. The third-order valence-electron chi connectivity index (χ3n) is 3.01. The topological polar surface area (TPSA) is 90.0 Å². The van der Waals surface area contributed by atoms with E-state index in [1.54, 1.807) is 18.3 Å². The molecule has 6 nitrogen and oxygen atoms in total. The van der Waals surface area contributed by atoms with E-state index < -0.39 is 10.0 Å². The molecule has 0 amide bonds. The molecule has 0 aliphatic heterocycles. The van der Waals surface area contributed by atoms with Gasteiger partial charge in [-0.25, -0.2) is 18.1 Å². The number of benzene rings is 1. The zero-order chi connectivity index (χ0) is 15.5. The van der Waals surface area contributed by atoms with Crippen molar-refractivity contribution in [3.63, 3.8) is 0 Å². The molecule has 2 aromatic rings. The van der Waals surface area contributed by atoms with Crippen LogP contribution in [-0.4, -0.2) is 29.5 Å². The van der Waals surface area contributed by atoms with Gasteiger partial charge < -0.3 is 10.3 Å². The molecule has 112 valence electrons. The van der Waals surface area contributed by atoms with Crippen LogP contribution in [0.4, 0.5) is 0 Å². The second-order valence-corrected chi connectivity index (χ2v) is 6.70. The Morgan fingerprint density at radius 1 is 1.38 bits per heavy atom. The highest BCUT2D eigenvalue weighted by Gasteiger charge is 2.13. The van der Waals surface area contributed by atoms with Gasteiger partial charge in [0.15, 0.2) is 0 Å². The molecule has 0 radical (unpaired) electrons. The van der Waals surface area contributed by atoms with Crippen LogP contribution in [0.3, 0.4) is 0 Å². The van der Waals surface area contributed by atoms with Crippen molar-refractivity contribution >= 4 is 27.2 Å². The van der Waals surface area contributed by atoms with Crippen molar-refractivity contribution in [3.05, 3.63) is 48.0 Å². The number of sulfonamides is 1. The Morgan fingerprint density at radius 2 is 2.05 bits per heavy atom. The quantitative estimate of drug-likeness (QED) is 0.759. The Hall–Kier alpha value is -1.77. The Morgan fingerprint density at radius 3 is 2.57 bits per heavy atom. The van der Waals surface area contributed by atoms with Gasteiger partial charge in [0.25, 0.3) is 0 Å². The molecule has 0 fully saturated rings. The molecular weight excluding hydrogens is 308 g/mol. The number of thiocarbonyl (C=S) groups is 1. The number of hydrogen-bond donors (Lipinski definition) is 2. The van der Waals surface area contributed by atoms with Gasteiger partial charge in [0, 0.05) is 38.0 Å². The standard InChI is InChI=1S/C13H16N4O2S2/c1-17-9-8-15-12(17)6-7-16-21(18,19)11-4-2-10(3-5-11)13(14)20/h2-5,8-9,16H,6-7H2,1H3,(H2,14,20). The van der Waals surface area contributed by atoms with Crippen LogP contribution in [0.25, 0.3) is 0 Å². The van der Waals surface area contributed by atoms with Crippen LogP contribution in [0, 0.1) is 0 Å². The fraction of sp³-hybridized carbons (Fsp3) is 0.231. The highest BCUT2D eigenvalue weighted by Crippen LogP contribution is 2.10. The fourth-order valence-electron chi connectivity index (χ4n) is 1.82. The Balaban J connectivity index is 2.01. The van der Waals surface area contributed by atoms with E-state index >= 15 is 0 Å². The minimum Gasteiger partial charge on any atom is -0.389 e. The highest BCUT2D eigenvalue weighted by molar-refractivity contribution is 7.89. The Bertz CT molecular complexity index is 736. The molecule has 1 heterocycles. The van der Waals surface area contributed by atoms with E-state index in [1.165, 1.54) is 12.1 Å². The molecule has 0 bridgehead atoms. The molecule has 0 saturated heterocycles. The van der Waals surface area contributed by atoms with E-state index in [1.807, 2.05) is 17.8 Å². The van der Waals surface area contributed by atoms with Gasteiger partial charge in [-0.15, -0.1) is 0 Å². The first kappa shape index (κ1) is 15.6. The summed E-state index contributed by atoms with van der Waals surface area (Å²) in [6.07, 6.45) is 4.02. The maximum atomic E-state index is 12.1. The monoisotopic (exact) mass is 324 g/mol. The largest absolute Gasteiger partial charge is 0.389 e. The normalized spacial score (nSPS) is 11.5. The Kier molecular flexibility index (Phi) is 4.71. The van der Waals surface area contributed by atoms with Crippen LogP contribution in [0.1, 0.15) is 11.4 Å². The number of rotatable bonds is 6. The zero-order valence-electron chi connectivity index (χ0n) is 11.5. The average Bonchev–Trinajstić information content (AvgIpc) is 2.84. The van der Waals surface area contributed by atoms with E-state index in [2.05, 4.69) is 9.71 Å². The molecule has 0 saturated carbocycles. The minimum atomic E-state index is -3.54. The second kappa shape index (κ2) is 6.33. The molecule has 0 unspecified atom stereocenters. The van der Waals surface area contributed by atoms with E-state index in [9.17, 15) is 8.42 Å². The molecule has 1 aromatic carbocycles. The van der Waals surface area contributed by atoms with Gasteiger partial charge >= 0.3 is 0 Å². The summed E-state index contributed by atoms with van der Waals surface area (Å²) in [5.74, 6) is 0.821. The van der Waals surface area contributed by atoms with Crippen molar-refractivity contribution in [1.82, 2.24) is 14.3 Å². The van der Waals surface area contributed by atoms with E-state index in [0.29, 0.717) is 12.0 Å². The van der Waals surface area contributed by atoms with Crippen LogP contribution >= 0.6 is 12.2 Å². The van der Waals surface area contributed by atoms with Gasteiger partial charge in [-0.1, -0.05) is 24.4 Å². The predicted molar refractivity (Wildman–Crippen MR) is 84.4 cm³/mol. The number of nitrogens with one attached hydrogen (secondary N) is 1. The molecule has 8 heteroatoms. The van der Waals surface area contributed by atoms with Crippen LogP contribution in [0.15, 0.2) is 41.6 Å². The molecule has 2 rings (SSSR count). The van der Waals surface area contributed by atoms with Crippen molar-refractivity contribution in [3.8, 4) is 0 Å². The van der Waals surface area contributed by atoms with E-state index in [4.69, 9.17) is 18.0 Å². The second-order valence-electron chi connectivity index (χ2n) is 4.49. The van der Waals surface area contributed by atoms with Crippen LogP contribution in [0.5, 0.6) is 0 Å². The van der Waals surface area contributed by atoms with Crippen molar-refractivity contribution in [2.24, 2.45) is 12.8 Å². The fourth-order valence-corrected chi connectivity index (χ4v) is 2.98. The first-order valence-corrected chi connectivity index (χ1v) is 8.15. The number of imidazole rings is 1. The lowest BCUT2D eigenvalue weighted by atomic mass is 10.2. The summed E-state index contributed by atoms with van der Waals surface area (Å²) >= 11 is 4.83. The number of aryl methyl sites for hydroxylation is 1. The Labute approximate surface area is 129 Å². The van der Waals surface area contributed by atoms with Crippen LogP contribution in [-0.2, 0) is 23.5 Å². The lowest BCUT2D eigenvalue weighted by Gasteiger charge is -2.07. The van der Waals surface area contributed by atoms with Gasteiger partial charge in [0.2, 0.25) is 10.0 Å². The first-order valence-electron chi connectivity index (χ1n) is 6.26. The van der Waals surface area contributed by atoms with Gasteiger partial charge in [-0.2, -0.15) is 0 Å². The minimum absolute atomic E-state index is 0.183. The zero-order valence-corrected chi connectivity index (χ0v) is 13.1. The van der Waals surface area contributed by atoms with Crippen molar-refractivity contribution in [2.45, 2.75) is 11.3 Å². The predicted octanol–water partition coefficient (Wildman–Crippen LogP) is 0.575. The lowest BCUT2D eigenvalue weighted by molar-refractivity contribution is 0.580. The molecule has 21 heavy (non-hydrogen) atoms.